The van der Waals surface area contributed by atoms with E-state index in [1.165, 1.54) is 0 Å². The fourth-order valence-corrected chi connectivity index (χ4v) is 5.54. The van der Waals surface area contributed by atoms with Crippen molar-refractivity contribution in [1.29, 1.82) is 0 Å². The maximum absolute atomic E-state index is 14.0. The van der Waals surface area contributed by atoms with Crippen LogP contribution in [0.2, 0.25) is 0 Å². The van der Waals surface area contributed by atoms with Crippen LogP contribution in [0, 0.1) is 0 Å². The van der Waals surface area contributed by atoms with E-state index in [-0.39, 0.29) is 11.9 Å². The summed E-state index contributed by atoms with van der Waals surface area (Å²) in [5.74, 6) is 1.83. The monoisotopic (exact) mass is 558 g/mol. The third kappa shape index (κ3) is 4.33. The van der Waals surface area contributed by atoms with Gasteiger partial charge in [0.25, 0.3) is 0 Å². The Balaban J connectivity index is 1.48. The highest BCUT2D eigenvalue weighted by molar-refractivity contribution is 6.28. The van der Waals surface area contributed by atoms with Gasteiger partial charge in [0, 0.05) is 55.1 Å². The number of rotatable bonds is 7. The summed E-state index contributed by atoms with van der Waals surface area (Å²) < 4.78 is 27.7. The first-order valence-corrected chi connectivity index (χ1v) is 13.3. The van der Waals surface area contributed by atoms with Crippen molar-refractivity contribution in [1.82, 2.24) is 10.1 Å². The standard InChI is InChI=1S/C30H30N4O7/c1-5-40-30(36)34-12-10-33(11-13-34)21-16-20(31-17-14-22(37-2)29(39-4)23(15-17)38-3)24-25-26(21)32-41-28(25)19-9-7-6-8-18(19)27(24)35/h6-9,14-16,31H,5,10-13H2,1-4H3. The minimum absolute atomic E-state index is 0.130. The summed E-state index contributed by atoms with van der Waals surface area (Å²) in [4.78, 5) is 30.1. The summed E-state index contributed by atoms with van der Waals surface area (Å²) in [6.07, 6.45) is -0.322. The Morgan fingerprint density at radius 3 is 2.29 bits per heavy atom. The SMILES string of the molecule is CCOC(=O)N1CCN(c2cc(Nc3cc(OC)c(OC)c(OC)c3)c3c4c(onc24)-c2ccccc2C3=O)CC1. The van der Waals surface area contributed by atoms with Gasteiger partial charge in [-0.15, -0.1) is 0 Å². The van der Waals surface area contributed by atoms with Gasteiger partial charge in [-0.3, -0.25) is 4.79 Å². The number of anilines is 3. The number of amides is 1. The number of piperazine rings is 1. The molecule has 4 aromatic rings. The smallest absolute Gasteiger partial charge is 0.409 e. The zero-order chi connectivity index (χ0) is 28.7. The van der Waals surface area contributed by atoms with Crippen LogP contribution in [0.1, 0.15) is 22.8 Å². The molecule has 0 bridgehead atoms. The molecule has 1 fully saturated rings. The number of ether oxygens (including phenoxy) is 4. The molecule has 0 saturated carbocycles. The number of hydrogen-bond acceptors (Lipinski definition) is 10. The van der Waals surface area contributed by atoms with Crippen molar-refractivity contribution in [3.05, 3.63) is 53.6 Å². The molecule has 0 radical (unpaired) electrons. The summed E-state index contributed by atoms with van der Waals surface area (Å²) >= 11 is 0. The molecule has 1 aliphatic carbocycles. The lowest BCUT2D eigenvalue weighted by molar-refractivity contribution is 0.103. The molecule has 11 nitrogen and oxygen atoms in total. The van der Waals surface area contributed by atoms with Crippen molar-refractivity contribution >= 4 is 39.8 Å². The first-order chi connectivity index (χ1) is 20.0. The Labute approximate surface area is 236 Å². The number of carbonyl (C=O) groups excluding carboxylic acids is 2. The molecule has 1 N–H and O–H groups in total. The van der Waals surface area contributed by atoms with Crippen molar-refractivity contribution in [2.75, 3.05) is 64.3 Å². The summed E-state index contributed by atoms with van der Waals surface area (Å²) in [5.41, 5.74) is 4.33. The maximum atomic E-state index is 14.0. The third-order valence-electron chi connectivity index (χ3n) is 7.47. The number of carbonyl (C=O) groups is 2. The van der Waals surface area contributed by atoms with E-state index in [9.17, 15) is 9.59 Å². The van der Waals surface area contributed by atoms with Crippen LogP contribution in [-0.4, -0.2) is 76.0 Å². The first-order valence-electron chi connectivity index (χ1n) is 13.3. The largest absolute Gasteiger partial charge is 0.493 e. The van der Waals surface area contributed by atoms with Crippen molar-refractivity contribution in [3.8, 4) is 28.6 Å². The van der Waals surface area contributed by atoms with Crippen LogP contribution in [0.5, 0.6) is 17.2 Å². The van der Waals surface area contributed by atoms with E-state index in [0.717, 1.165) is 5.69 Å². The van der Waals surface area contributed by atoms with Gasteiger partial charge < -0.3 is 38.6 Å². The summed E-state index contributed by atoms with van der Waals surface area (Å²) in [5, 5.41) is 8.53. The van der Waals surface area contributed by atoms with Crippen LogP contribution in [0.15, 0.2) is 47.0 Å². The molecule has 0 unspecified atom stereocenters. The van der Waals surface area contributed by atoms with E-state index < -0.39 is 0 Å². The minimum Gasteiger partial charge on any atom is -0.493 e. The molecule has 1 aromatic heterocycles. The third-order valence-corrected chi connectivity index (χ3v) is 7.47. The van der Waals surface area contributed by atoms with E-state index in [0.29, 0.717) is 94.8 Å². The molecule has 1 amide bonds. The van der Waals surface area contributed by atoms with Crippen molar-refractivity contribution in [2.24, 2.45) is 0 Å². The van der Waals surface area contributed by atoms with E-state index in [1.54, 1.807) is 51.4 Å². The van der Waals surface area contributed by atoms with Gasteiger partial charge in [0.15, 0.2) is 23.0 Å². The maximum Gasteiger partial charge on any atom is 0.409 e. The van der Waals surface area contributed by atoms with Crippen molar-refractivity contribution in [3.63, 3.8) is 0 Å². The molecular formula is C30H30N4O7. The van der Waals surface area contributed by atoms with E-state index in [1.807, 2.05) is 24.3 Å². The second-order valence-corrected chi connectivity index (χ2v) is 9.64. The van der Waals surface area contributed by atoms with Crippen LogP contribution in [-0.2, 0) is 4.74 Å². The number of benzene rings is 3. The summed E-state index contributed by atoms with van der Waals surface area (Å²) in [7, 11) is 4.65. The lowest BCUT2D eigenvalue weighted by Crippen LogP contribution is -2.49. The second-order valence-electron chi connectivity index (χ2n) is 9.64. The molecule has 1 saturated heterocycles. The van der Waals surface area contributed by atoms with Crippen molar-refractivity contribution < 1.29 is 33.1 Å². The van der Waals surface area contributed by atoms with Gasteiger partial charge in [0.2, 0.25) is 5.75 Å². The quantitative estimate of drug-likeness (QED) is 0.290. The van der Waals surface area contributed by atoms with Gasteiger partial charge >= 0.3 is 6.09 Å². The van der Waals surface area contributed by atoms with Gasteiger partial charge in [-0.25, -0.2) is 4.79 Å². The fourth-order valence-electron chi connectivity index (χ4n) is 5.54. The number of hydrogen-bond donors (Lipinski definition) is 1. The Hall–Kier alpha value is -4.93. The molecule has 41 heavy (non-hydrogen) atoms. The van der Waals surface area contributed by atoms with Crippen LogP contribution >= 0.6 is 0 Å². The normalized spacial score (nSPS) is 14.1. The van der Waals surface area contributed by atoms with Gasteiger partial charge in [-0.05, 0) is 13.0 Å². The summed E-state index contributed by atoms with van der Waals surface area (Å²) in [6.45, 7) is 4.22. The van der Waals surface area contributed by atoms with Gasteiger partial charge in [-0.1, -0.05) is 29.4 Å². The predicted molar refractivity (Wildman–Crippen MR) is 153 cm³/mol. The average molecular weight is 559 g/mol. The van der Waals surface area contributed by atoms with E-state index in [4.69, 9.17) is 23.5 Å². The average Bonchev–Trinajstić information content (AvgIpc) is 3.45. The van der Waals surface area contributed by atoms with Crippen LogP contribution < -0.4 is 24.4 Å². The molecule has 1 aliphatic heterocycles. The van der Waals surface area contributed by atoms with Crippen LogP contribution in [0.3, 0.4) is 0 Å². The number of ketones is 1. The zero-order valence-corrected chi connectivity index (χ0v) is 23.3. The lowest BCUT2D eigenvalue weighted by atomic mass is 9.86. The Morgan fingerprint density at radius 2 is 1.66 bits per heavy atom. The molecule has 11 heteroatoms. The zero-order valence-electron chi connectivity index (χ0n) is 23.3. The minimum atomic E-state index is -0.322. The fraction of sp³-hybridized carbons (Fsp3) is 0.300. The first kappa shape index (κ1) is 26.3. The highest BCUT2D eigenvalue weighted by Gasteiger charge is 2.34. The number of aromatic nitrogens is 1. The molecule has 3 aromatic carbocycles. The van der Waals surface area contributed by atoms with Crippen molar-refractivity contribution in [2.45, 2.75) is 6.92 Å². The lowest BCUT2D eigenvalue weighted by Gasteiger charge is -2.36. The van der Waals surface area contributed by atoms with Gasteiger partial charge in [-0.2, -0.15) is 0 Å². The van der Waals surface area contributed by atoms with Gasteiger partial charge in [0.05, 0.1) is 50.3 Å². The van der Waals surface area contributed by atoms with Crippen LogP contribution in [0.25, 0.3) is 22.2 Å². The van der Waals surface area contributed by atoms with Gasteiger partial charge in [0.1, 0.15) is 5.52 Å². The number of nitrogens with one attached hydrogen (secondary N) is 1. The van der Waals surface area contributed by atoms with Crippen LogP contribution in [0.4, 0.5) is 21.9 Å². The number of methoxy groups -OCH3 is 3. The molecular weight excluding hydrogens is 528 g/mol. The van der Waals surface area contributed by atoms with E-state index in [2.05, 4.69) is 15.4 Å². The predicted octanol–water partition coefficient (Wildman–Crippen LogP) is 5.09. The Bertz CT molecular complexity index is 1630. The summed E-state index contributed by atoms with van der Waals surface area (Å²) in [6, 6.07) is 12.8. The number of nitrogens with zero attached hydrogens (tertiary/aromatic N) is 3. The highest BCUT2D eigenvalue weighted by atomic mass is 16.6. The Kier molecular flexibility index (Phi) is 6.78. The molecule has 2 heterocycles. The molecule has 212 valence electrons. The van der Waals surface area contributed by atoms with E-state index >= 15 is 0 Å². The molecule has 0 spiro atoms. The Morgan fingerprint density at radius 1 is 0.976 bits per heavy atom. The topological polar surface area (TPSA) is 116 Å². The number of fused-ring (bicyclic) bond motifs is 2. The second kappa shape index (κ2) is 10.6. The molecule has 6 rings (SSSR count). The molecule has 0 atom stereocenters. The molecule has 2 aliphatic rings. The highest BCUT2D eigenvalue weighted by Crippen LogP contribution is 2.47.